The van der Waals surface area contributed by atoms with Crippen LogP contribution in [0.4, 0.5) is 5.69 Å². The van der Waals surface area contributed by atoms with E-state index >= 15 is 0 Å². The van der Waals surface area contributed by atoms with Gasteiger partial charge in [-0.15, -0.1) is 0 Å². The van der Waals surface area contributed by atoms with Crippen LogP contribution in [0.3, 0.4) is 0 Å². The standard InChI is InChI=1S/C20H24N2O4S/c1-15-14-16(6-11-19(15)26-2)20(23)21-17-7-9-18(10-8-17)27(24,25)22-12-4-3-5-13-22/h6-11,14H,3-5,12-13H2,1-2H3,(H,21,23). The van der Waals surface area contributed by atoms with Crippen molar-refractivity contribution in [1.29, 1.82) is 0 Å². The molecule has 2 aromatic rings. The van der Waals surface area contributed by atoms with Gasteiger partial charge in [0.1, 0.15) is 5.75 Å². The third-order valence-electron chi connectivity index (χ3n) is 4.72. The first-order valence-corrected chi connectivity index (χ1v) is 10.4. The number of benzene rings is 2. The van der Waals surface area contributed by atoms with Gasteiger partial charge in [-0.05, 0) is 67.8 Å². The highest BCUT2D eigenvalue weighted by Gasteiger charge is 2.25. The maximum atomic E-state index is 12.7. The number of ether oxygens (including phenoxy) is 1. The molecule has 0 aliphatic carbocycles. The highest BCUT2D eigenvalue weighted by Crippen LogP contribution is 2.23. The number of methoxy groups -OCH3 is 1. The summed E-state index contributed by atoms with van der Waals surface area (Å²) in [6.07, 6.45) is 2.87. The number of hydrogen-bond donors (Lipinski definition) is 1. The van der Waals surface area contributed by atoms with Crippen LogP contribution in [-0.4, -0.2) is 38.8 Å². The number of carbonyl (C=O) groups excluding carboxylic acids is 1. The van der Waals surface area contributed by atoms with Crippen LogP contribution in [0.1, 0.15) is 35.2 Å². The second kappa shape index (κ2) is 8.10. The number of anilines is 1. The lowest BCUT2D eigenvalue weighted by molar-refractivity contribution is 0.102. The number of carbonyl (C=O) groups is 1. The van der Waals surface area contributed by atoms with E-state index in [1.165, 1.54) is 4.31 Å². The number of nitrogens with one attached hydrogen (secondary N) is 1. The molecule has 0 aromatic heterocycles. The minimum atomic E-state index is -3.47. The van der Waals surface area contributed by atoms with Crippen molar-refractivity contribution in [3.05, 3.63) is 53.6 Å². The highest BCUT2D eigenvalue weighted by atomic mass is 32.2. The molecule has 0 atom stereocenters. The predicted molar refractivity (Wildman–Crippen MR) is 105 cm³/mol. The normalized spacial score (nSPS) is 15.3. The van der Waals surface area contributed by atoms with E-state index in [0.29, 0.717) is 24.3 Å². The number of amides is 1. The maximum Gasteiger partial charge on any atom is 0.255 e. The molecule has 144 valence electrons. The Morgan fingerprint density at radius 2 is 1.70 bits per heavy atom. The first-order chi connectivity index (χ1) is 12.9. The van der Waals surface area contributed by atoms with Crippen molar-refractivity contribution in [1.82, 2.24) is 4.31 Å². The summed E-state index contributed by atoms with van der Waals surface area (Å²) in [4.78, 5) is 12.7. The van der Waals surface area contributed by atoms with Gasteiger partial charge in [-0.3, -0.25) is 4.79 Å². The van der Waals surface area contributed by atoms with Crippen molar-refractivity contribution in [2.24, 2.45) is 0 Å². The fraction of sp³-hybridized carbons (Fsp3) is 0.350. The Labute approximate surface area is 160 Å². The topological polar surface area (TPSA) is 75.7 Å². The van der Waals surface area contributed by atoms with E-state index in [0.717, 1.165) is 30.6 Å². The molecule has 0 radical (unpaired) electrons. The van der Waals surface area contributed by atoms with Crippen molar-refractivity contribution in [2.75, 3.05) is 25.5 Å². The van der Waals surface area contributed by atoms with Crippen molar-refractivity contribution in [3.63, 3.8) is 0 Å². The summed E-state index contributed by atoms with van der Waals surface area (Å²) in [6, 6.07) is 11.5. The Bertz CT molecular complexity index is 917. The van der Waals surface area contributed by atoms with E-state index in [2.05, 4.69) is 5.32 Å². The molecule has 6 nitrogen and oxygen atoms in total. The summed E-state index contributed by atoms with van der Waals surface area (Å²) in [5.41, 5.74) is 1.93. The predicted octanol–water partition coefficient (Wildman–Crippen LogP) is 3.43. The van der Waals surface area contributed by atoms with Gasteiger partial charge in [-0.1, -0.05) is 6.42 Å². The van der Waals surface area contributed by atoms with Gasteiger partial charge in [-0.2, -0.15) is 4.31 Å². The number of piperidine rings is 1. The largest absolute Gasteiger partial charge is 0.496 e. The summed E-state index contributed by atoms with van der Waals surface area (Å²) < 4.78 is 32.1. The maximum absolute atomic E-state index is 12.7. The summed E-state index contributed by atoms with van der Waals surface area (Å²) in [5.74, 6) is 0.464. The summed E-state index contributed by atoms with van der Waals surface area (Å²) in [7, 11) is -1.88. The number of hydrogen-bond acceptors (Lipinski definition) is 4. The smallest absolute Gasteiger partial charge is 0.255 e. The van der Waals surface area contributed by atoms with Crippen LogP contribution in [0.15, 0.2) is 47.4 Å². The fourth-order valence-electron chi connectivity index (χ4n) is 3.19. The van der Waals surface area contributed by atoms with E-state index < -0.39 is 10.0 Å². The Kier molecular flexibility index (Phi) is 5.82. The van der Waals surface area contributed by atoms with Crippen LogP contribution in [-0.2, 0) is 10.0 Å². The summed E-state index contributed by atoms with van der Waals surface area (Å²) in [6.45, 7) is 3.01. The summed E-state index contributed by atoms with van der Waals surface area (Å²) >= 11 is 0. The van der Waals surface area contributed by atoms with Crippen molar-refractivity contribution < 1.29 is 17.9 Å². The van der Waals surface area contributed by atoms with Crippen LogP contribution in [0.5, 0.6) is 5.75 Å². The Balaban J connectivity index is 1.72. The molecule has 2 aromatic carbocycles. The molecule has 7 heteroatoms. The molecule has 0 bridgehead atoms. The van der Waals surface area contributed by atoms with Gasteiger partial charge in [0.25, 0.3) is 5.91 Å². The number of nitrogens with zero attached hydrogens (tertiary/aromatic N) is 1. The number of rotatable bonds is 5. The van der Waals surface area contributed by atoms with E-state index in [1.807, 2.05) is 6.92 Å². The molecule has 0 spiro atoms. The van der Waals surface area contributed by atoms with Gasteiger partial charge >= 0.3 is 0 Å². The zero-order chi connectivity index (χ0) is 19.4. The van der Waals surface area contributed by atoms with Gasteiger partial charge in [0.15, 0.2) is 0 Å². The molecule has 1 aliphatic heterocycles. The third kappa shape index (κ3) is 4.31. The highest BCUT2D eigenvalue weighted by molar-refractivity contribution is 7.89. The first-order valence-electron chi connectivity index (χ1n) is 8.98. The quantitative estimate of drug-likeness (QED) is 0.851. The molecule has 1 N–H and O–H groups in total. The zero-order valence-electron chi connectivity index (χ0n) is 15.6. The van der Waals surface area contributed by atoms with Gasteiger partial charge in [0.2, 0.25) is 10.0 Å². The average Bonchev–Trinajstić information content (AvgIpc) is 2.69. The van der Waals surface area contributed by atoms with Crippen molar-refractivity contribution in [3.8, 4) is 5.75 Å². The fourth-order valence-corrected chi connectivity index (χ4v) is 4.70. The molecule has 0 saturated carbocycles. The lowest BCUT2D eigenvalue weighted by atomic mass is 10.1. The average molecular weight is 388 g/mol. The third-order valence-corrected chi connectivity index (χ3v) is 6.63. The van der Waals surface area contributed by atoms with E-state index in [4.69, 9.17) is 4.74 Å². The lowest BCUT2D eigenvalue weighted by Gasteiger charge is -2.25. The molecular weight excluding hydrogens is 364 g/mol. The van der Waals surface area contributed by atoms with Gasteiger partial charge < -0.3 is 10.1 Å². The van der Waals surface area contributed by atoms with Gasteiger partial charge in [-0.25, -0.2) is 8.42 Å². The molecular formula is C20H24N2O4S. The van der Waals surface area contributed by atoms with Gasteiger partial charge in [0.05, 0.1) is 12.0 Å². The lowest BCUT2D eigenvalue weighted by Crippen LogP contribution is -2.35. The van der Waals surface area contributed by atoms with E-state index in [1.54, 1.807) is 49.6 Å². The van der Waals surface area contributed by atoms with E-state index in [-0.39, 0.29) is 10.8 Å². The summed E-state index contributed by atoms with van der Waals surface area (Å²) in [5, 5.41) is 2.79. The van der Waals surface area contributed by atoms with Crippen LogP contribution in [0.25, 0.3) is 0 Å². The molecule has 1 fully saturated rings. The minimum Gasteiger partial charge on any atom is -0.496 e. The Hall–Kier alpha value is -2.38. The Morgan fingerprint density at radius 1 is 1.04 bits per heavy atom. The van der Waals surface area contributed by atoms with Crippen LogP contribution in [0, 0.1) is 6.92 Å². The van der Waals surface area contributed by atoms with Crippen LogP contribution >= 0.6 is 0 Å². The molecule has 1 saturated heterocycles. The van der Waals surface area contributed by atoms with Crippen LogP contribution < -0.4 is 10.1 Å². The number of sulfonamides is 1. The molecule has 1 aliphatic rings. The number of aryl methyl sites for hydroxylation is 1. The van der Waals surface area contributed by atoms with Crippen molar-refractivity contribution in [2.45, 2.75) is 31.1 Å². The van der Waals surface area contributed by atoms with Crippen LogP contribution in [0.2, 0.25) is 0 Å². The molecule has 3 rings (SSSR count). The van der Waals surface area contributed by atoms with Crippen molar-refractivity contribution >= 4 is 21.6 Å². The monoisotopic (exact) mass is 388 g/mol. The first kappa shape index (κ1) is 19.4. The zero-order valence-corrected chi connectivity index (χ0v) is 16.4. The minimum absolute atomic E-state index is 0.252. The molecule has 1 heterocycles. The Morgan fingerprint density at radius 3 is 2.30 bits per heavy atom. The van der Waals surface area contributed by atoms with E-state index in [9.17, 15) is 13.2 Å². The van der Waals surface area contributed by atoms with Gasteiger partial charge in [0, 0.05) is 24.3 Å². The second-order valence-electron chi connectivity index (χ2n) is 6.63. The SMILES string of the molecule is COc1ccc(C(=O)Nc2ccc(S(=O)(=O)N3CCCCC3)cc2)cc1C. The molecule has 1 amide bonds. The molecule has 0 unspecified atom stereocenters. The second-order valence-corrected chi connectivity index (χ2v) is 8.57. The molecule has 27 heavy (non-hydrogen) atoms.